The van der Waals surface area contributed by atoms with Gasteiger partial charge in [0, 0.05) is 36.2 Å². The van der Waals surface area contributed by atoms with Gasteiger partial charge in [0.15, 0.2) is 11.5 Å². The molecule has 0 saturated carbocycles. The van der Waals surface area contributed by atoms with E-state index in [9.17, 15) is 24.9 Å². The number of aliphatic hydroxyl groups is 3. The van der Waals surface area contributed by atoms with Crippen LogP contribution in [0.3, 0.4) is 0 Å². The molecule has 4 atom stereocenters. The van der Waals surface area contributed by atoms with E-state index < -0.39 is 30.1 Å². The lowest BCUT2D eigenvalue weighted by molar-refractivity contribution is -0.137. The van der Waals surface area contributed by atoms with E-state index in [4.69, 9.17) is 13.9 Å². The van der Waals surface area contributed by atoms with Gasteiger partial charge in [-0.15, -0.1) is 0 Å². The van der Waals surface area contributed by atoms with Gasteiger partial charge in [-0.3, -0.25) is 9.59 Å². The molecule has 0 radical (unpaired) electrons. The van der Waals surface area contributed by atoms with Gasteiger partial charge in [0.25, 0.3) is 0 Å². The van der Waals surface area contributed by atoms with Gasteiger partial charge in [-0.1, -0.05) is 6.92 Å². The number of amides is 2. The van der Waals surface area contributed by atoms with Crippen molar-refractivity contribution in [2.75, 3.05) is 20.3 Å². The number of hydrogen-bond donors (Lipinski definition) is 4. The van der Waals surface area contributed by atoms with Crippen molar-refractivity contribution in [2.24, 2.45) is 0 Å². The van der Waals surface area contributed by atoms with E-state index in [1.807, 2.05) is 0 Å². The number of fused-ring (bicyclic) bond motifs is 3. The van der Waals surface area contributed by atoms with Crippen LogP contribution in [0.15, 0.2) is 46.8 Å². The summed E-state index contributed by atoms with van der Waals surface area (Å²) in [5, 5.41) is 33.1. The first-order valence-corrected chi connectivity index (χ1v) is 11.5. The van der Waals surface area contributed by atoms with Gasteiger partial charge in [-0.05, 0) is 29.8 Å². The molecular formula is C25H30N2O8. The van der Waals surface area contributed by atoms with Gasteiger partial charge in [-0.2, -0.15) is 0 Å². The van der Waals surface area contributed by atoms with Crippen LogP contribution in [0.4, 0.5) is 0 Å². The highest BCUT2D eigenvalue weighted by Crippen LogP contribution is 2.51. The molecule has 2 amide bonds. The molecule has 0 fully saturated rings. The third-order valence-electron chi connectivity index (χ3n) is 6.41. The third-order valence-corrected chi connectivity index (χ3v) is 6.41. The van der Waals surface area contributed by atoms with Gasteiger partial charge >= 0.3 is 0 Å². The number of carbonyl (C=O) groups excluding carboxylic acids is 2. The molecule has 1 aromatic carbocycles. The Balaban J connectivity index is 1.81. The molecule has 1 aliphatic heterocycles. The molecule has 10 heteroatoms. The Morgan fingerprint density at radius 2 is 2.03 bits per heavy atom. The number of aliphatic hydroxyl groups excluding tert-OH is 3. The van der Waals surface area contributed by atoms with Crippen LogP contribution in [0, 0.1) is 0 Å². The van der Waals surface area contributed by atoms with Crippen LogP contribution in [-0.4, -0.2) is 70.5 Å². The summed E-state index contributed by atoms with van der Waals surface area (Å²) in [6, 6.07) is 4.24. The molecule has 0 saturated heterocycles. The fourth-order valence-corrected chi connectivity index (χ4v) is 4.76. The molecule has 0 bridgehead atoms. The quantitative estimate of drug-likeness (QED) is 0.409. The van der Waals surface area contributed by atoms with Crippen LogP contribution in [-0.2, 0) is 22.7 Å². The van der Waals surface area contributed by atoms with E-state index in [0.29, 0.717) is 28.2 Å². The predicted octanol–water partition coefficient (Wildman–Crippen LogP) is 0.842. The number of benzene rings is 1. The number of nitrogens with zero attached hydrogens (tertiary/aromatic N) is 1. The average molecular weight is 487 g/mol. The molecule has 2 aromatic rings. The van der Waals surface area contributed by atoms with Crippen LogP contribution < -0.4 is 14.8 Å². The average Bonchev–Trinajstić information content (AvgIpc) is 3.53. The normalized spacial score (nSPS) is 22.5. The standard InChI is InChI=1S/C25H30N2O8/c1-3-20(30)27(11-14-4-7-34-13-14)18-10-17(25(32)26-5-6-28)21-16-8-15(12-29)9-19(33-2)23(16)35-24(21)22(18)31/h4,7-10,13,18,21-22,24,28-29,31H,3,5-6,11-12H2,1-2H3,(H,26,32)/t18-,21+,22+,24+/m1/s1. The van der Waals surface area contributed by atoms with E-state index >= 15 is 0 Å². The van der Waals surface area contributed by atoms with E-state index in [-0.39, 0.29) is 38.6 Å². The number of nitrogens with one attached hydrogen (secondary N) is 1. The molecule has 2 heterocycles. The number of carbonyl (C=O) groups is 2. The molecule has 0 unspecified atom stereocenters. The van der Waals surface area contributed by atoms with Crippen molar-refractivity contribution in [3.63, 3.8) is 0 Å². The van der Waals surface area contributed by atoms with Crippen molar-refractivity contribution in [2.45, 2.75) is 50.7 Å². The van der Waals surface area contributed by atoms with Crippen molar-refractivity contribution in [3.05, 3.63) is 59.1 Å². The molecule has 4 N–H and O–H groups in total. The zero-order valence-electron chi connectivity index (χ0n) is 19.6. The van der Waals surface area contributed by atoms with Gasteiger partial charge < -0.3 is 39.4 Å². The Bertz CT molecular complexity index is 1100. The molecule has 2 aliphatic rings. The first-order chi connectivity index (χ1) is 16.9. The highest BCUT2D eigenvalue weighted by Gasteiger charge is 2.51. The topological polar surface area (TPSA) is 142 Å². The maximum atomic E-state index is 13.2. The first-order valence-electron chi connectivity index (χ1n) is 11.5. The molecule has 35 heavy (non-hydrogen) atoms. The van der Waals surface area contributed by atoms with Gasteiger partial charge in [0.05, 0.1) is 44.8 Å². The van der Waals surface area contributed by atoms with Gasteiger partial charge in [-0.25, -0.2) is 0 Å². The molecule has 188 valence electrons. The molecule has 1 aromatic heterocycles. The summed E-state index contributed by atoms with van der Waals surface area (Å²) in [6.07, 6.45) is 2.78. The predicted molar refractivity (Wildman–Crippen MR) is 124 cm³/mol. The summed E-state index contributed by atoms with van der Waals surface area (Å²) < 4.78 is 16.8. The minimum absolute atomic E-state index is 0.0428. The number of rotatable bonds is 9. The van der Waals surface area contributed by atoms with Crippen molar-refractivity contribution in [1.29, 1.82) is 0 Å². The Morgan fingerprint density at radius 3 is 2.66 bits per heavy atom. The zero-order chi connectivity index (χ0) is 25.1. The van der Waals surface area contributed by atoms with Gasteiger partial charge in [0.2, 0.25) is 11.8 Å². The summed E-state index contributed by atoms with van der Waals surface area (Å²) >= 11 is 0. The summed E-state index contributed by atoms with van der Waals surface area (Å²) in [6.45, 7) is 1.46. The molecule has 0 spiro atoms. The smallest absolute Gasteiger partial charge is 0.247 e. The summed E-state index contributed by atoms with van der Waals surface area (Å²) in [4.78, 5) is 27.7. The maximum absolute atomic E-state index is 13.2. The Labute approximate surface area is 202 Å². The molecule has 1 aliphatic carbocycles. The fraction of sp³-hybridized carbons (Fsp3) is 0.440. The largest absolute Gasteiger partial charge is 0.493 e. The molecule has 4 rings (SSSR count). The van der Waals surface area contributed by atoms with Crippen LogP contribution in [0.2, 0.25) is 0 Å². The minimum atomic E-state index is -1.16. The van der Waals surface area contributed by atoms with E-state index in [1.54, 1.807) is 31.2 Å². The lowest BCUT2D eigenvalue weighted by atomic mass is 9.77. The molecular weight excluding hydrogens is 456 g/mol. The van der Waals surface area contributed by atoms with Gasteiger partial charge in [0.1, 0.15) is 12.2 Å². The van der Waals surface area contributed by atoms with E-state index in [2.05, 4.69) is 5.32 Å². The van der Waals surface area contributed by atoms with Crippen LogP contribution in [0.5, 0.6) is 11.5 Å². The number of furan rings is 1. The number of hydrogen-bond acceptors (Lipinski definition) is 8. The van der Waals surface area contributed by atoms with E-state index in [0.717, 1.165) is 5.56 Å². The summed E-state index contributed by atoms with van der Waals surface area (Å²) in [5.74, 6) is -0.565. The van der Waals surface area contributed by atoms with Crippen LogP contribution in [0.25, 0.3) is 0 Å². The van der Waals surface area contributed by atoms with Crippen molar-refractivity contribution >= 4 is 11.8 Å². The summed E-state index contributed by atoms with van der Waals surface area (Å²) in [7, 11) is 1.47. The first kappa shape index (κ1) is 24.8. The highest BCUT2D eigenvalue weighted by molar-refractivity contribution is 5.96. The minimum Gasteiger partial charge on any atom is -0.493 e. The second kappa shape index (κ2) is 10.5. The van der Waals surface area contributed by atoms with Crippen LogP contribution >= 0.6 is 0 Å². The lowest BCUT2D eigenvalue weighted by Gasteiger charge is -2.40. The maximum Gasteiger partial charge on any atom is 0.247 e. The Hall–Kier alpha value is -3.34. The fourth-order valence-electron chi connectivity index (χ4n) is 4.76. The Kier molecular flexibility index (Phi) is 7.44. The number of methoxy groups -OCH3 is 1. The Morgan fingerprint density at radius 1 is 1.23 bits per heavy atom. The molecule has 10 nitrogen and oxygen atoms in total. The lowest BCUT2D eigenvalue weighted by Crippen LogP contribution is -2.55. The van der Waals surface area contributed by atoms with Crippen molar-refractivity contribution < 1.29 is 38.8 Å². The third kappa shape index (κ3) is 4.64. The van der Waals surface area contributed by atoms with Crippen LogP contribution in [0.1, 0.15) is 36.0 Å². The SMILES string of the molecule is CCC(=O)N(Cc1ccoc1)[C@@H]1C=C(C(=O)NCCO)[C@@H]2c3cc(CO)cc(OC)c3O[C@@H]2[C@H]1O. The van der Waals surface area contributed by atoms with E-state index in [1.165, 1.54) is 24.5 Å². The van der Waals surface area contributed by atoms with Crippen molar-refractivity contribution in [1.82, 2.24) is 10.2 Å². The monoisotopic (exact) mass is 486 g/mol. The zero-order valence-corrected chi connectivity index (χ0v) is 19.6. The van der Waals surface area contributed by atoms with Crippen molar-refractivity contribution in [3.8, 4) is 11.5 Å². The second-order valence-electron chi connectivity index (χ2n) is 8.52. The second-order valence-corrected chi connectivity index (χ2v) is 8.52. The summed E-state index contributed by atoms with van der Waals surface area (Å²) in [5.41, 5.74) is 2.21. The highest BCUT2D eigenvalue weighted by atomic mass is 16.5. The number of ether oxygens (including phenoxy) is 2.